The molecule has 0 fully saturated rings. The fourth-order valence-corrected chi connectivity index (χ4v) is 3.14. The number of fused-ring (bicyclic) bond motifs is 2. The number of carbonyl (C=O) groups excluding carboxylic acids is 1. The summed E-state index contributed by atoms with van der Waals surface area (Å²) in [4.78, 5) is 17.5. The van der Waals surface area contributed by atoms with Crippen molar-refractivity contribution in [3.8, 4) is 22.8 Å². The average molecular weight is 375 g/mol. The number of benzene rings is 2. The van der Waals surface area contributed by atoms with Crippen molar-refractivity contribution in [1.82, 2.24) is 9.38 Å². The van der Waals surface area contributed by atoms with Crippen LogP contribution in [-0.2, 0) is 0 Å². The second kappa shape index (κ2) is 6.38. The van der Waals surface area contributed by atoms with Gasteiger partial charge < -0.3 is 14.8 Å². The molecule has 1 N–H and O–H groups in total. The molecule has 3 heterocycles. The highest BCUT2D eigenvalue weighted by Crippen LogP contribution is 2.33. The van der Waals surface area contributed by atoms with Crippen LogP contribution >= 0.6 is 0 Å². The van der Waals surface area contributed by atoms with E-state index in [0.717, 1.165) is 0 Å². The van der Waals surface area contributed by atoms with Crippen LogP contribution in [0, 0.1) is 5.82 Å². The Morgan fingerprint density at radius 2 is 1.86 bits per heavy atom. The van der Waals surface area contributed by atoms with Gasteiger partial charge in [0, 0.05) is 17.3 Å². The molecule has 0 bridgehead atoms. The first-order valence-corrected chi connectivity index (χ1v) is 8.63. The van der Waals surface area contributed by atoms with Gasteiger partial charge in [0.15, 0.2) is 11.5 Å². The zero-order valence-electron chi connectivity index (χ0n) is 14.6. The molecule has 0 spiro atoms. The summed E-state index contributed by atoms with van der Waals surface area (Å²) in [6.45, 7) is 0.141. The zero-order valence-corrected chi connectivity index (χ0v) is 14.6. The molecule has 2 aromatic heterocycles. The monoisotopic (exact) mass is 375 g/mol. The van der Waals surface area contributed by atoms with E-state index in [2.05, 4.69) is 10.3 Å². The number of hydrogen-bond donors (Lipinski definition) is 1. The molecule has 0 atom stereocenters. The first-order chi connectivity index (χ1) is 13.7. The molecule has 5 rings (SSSR count). The van der Waals surface area contributed by atoms with Crippen LogP contribution in [0.15, 0.2) is 66.9 Å². The Bertz CT molecular complexity index is 1200. The lowest BCUT2D eigenvalue weighted by Crippen LogP contribution is -2.14. The highest BCUT2D eigenvalue weighted by molar-refractivity contribution is 6.06. The SMILES string of the molecule is O=C(Nc1c(-c2ccc(F)cc2)nc2ccccn12)c1ccc2c(c1)OCO2. The van der Waals surface area contributed by atoms with Gasteiger partial charge in [-0.3, -0.25) is 9.20 Å². The lowest BCUT2D eigenvalue weighted by atomic mass is 10.1. The summed E-state index contributed by atoms with van der Waals surface area (Å²) < 4.78 is 25.7. The van der Waals surface area contributed by atoms with E-state index in [4.69, 9.17) is 9.47 Å². The molecule has 1 aliphatic heterocycles. The number of pyridine rings is 1. The van der Waals surface area contributed by atoms with Crippen molar-refractivity contribution in [2.75, 3.05) is 12.1 Å². The third-order valence-electron chi connectivity index (χ3n) is 4.51. The minimum Gasteiger partial charge on any atom is -0.454 e. The number of anilines is 1. The number of imidazole rings is 1. The Labute approximate surface area is 159 Å². The molecular formula is C21H14FN3O3. The first kappa shape index (κ1) is 16.3. The van der Waals surface area contributed by atoms with Crippen LogP contribution in [0.4, 0.5) is 10.2 Å². The number of aromatic nitrogens is 2. The zero-order chi connectivity index (χ0) is 19.1. The number of amides is 1. The van der Waals surface area contributed by atoms with Crippen molar-refractivity contribution in [3.63, 3.8) is 0 Å². The third kappa shape index (κ3) is 2.73. The lowest BCUT2D eigenvalue weighted by molar-refractivity contribution is 0.102. The number of halogens is 1. The summed E-state index contributed by atoms with van der Waals surface area (Å²) in [6, 6.07) is 16.5. The second-order valence-electron chi connectivity index (χ2n) is 6.27. The van der Waals surface area contributed by atoms with Gasteiger partial charge in [0.05, 0.1) is 0 Å². The van der Waals surface area contributed by atoms with Gasteiger partial charge in [0.2, 0.25) is 6.79 Å². The minimum atomic E-state index is -0.335. The average Bonchev–Trinajstić information content (AvgIpc) is 3.33. The highest BCUT2D eigenvalue weighted by Gasteiger charge is 2.20. The molecule has 0 saturated heterocycles. The molecule has 0 unspecified atom stereocenters. The van der Waals surface area contributed by atoms with Crippen molar-refractivity contribution in [3.05, 3.63) is 78.2 Å². The molecule has 0 radical (unpaired) electrons. The number of carbonyl (C=O) groups is 1. The van der Waals surface area contributed by atoms with E-state index in [1.807, 2.05) is 24.4 Å². The molecule has 1 amide bonds. The van der Waals surface area contributed by atoms with Gasteiger partial charge in [-0.1, -0.05) is 6.07 Å². The molecule has 0 aliphatic carbocycles. The summed E-state index contributed by atoms with van der Waals surface area (Å²) in [5.74, 6) is 0.999. The van der Waals surface area contributed by atoms with Gasteiger partial charge in [-0.25, -0.2) is 9.37 Å². The second-order valence-corrected chi connectivity index (χ2v) is 6.27. The quantitative estimate of drug-likeness (QED) is 0.585. The summed E-state index contributed by atoms with van der Waals surface area (Å²) in [7, 11) is 0. The largest absolute Gasteiger partial charge is 0.454 e. The Balaban J connectivity index is 1.57. The lowest BCUT2D eigenvalue weighted by Gasteiger charge is -2.08. The first-order valence-electron chi connectivity index (χ1n) is 8.63. The smallest absolute Gasteiger partial charge is 0.256 e. The number of nitrogens with one attached hydrogen (secondary N) is 1. The summed E-state index contributed by atoms with van der Waals surface area (Å²) in [5, 5.41) is 2.93. The summed E-state index contributed by atoms with van der Waals surface area (Å²) in [5.41, 5.74) is 2.36. The fraction of sp³-hybridized carbons (Fsp3) is 0.0476. The van der Waals surface area contributed by atoms with Crippen molar-refractivity contribution in [2.45, 2.75) is 0 Å². The molecule has 7 heteroatoms. The highest BCUT2D eigenvalue weighted by atomic mass is 19.1. The number of rotatable bonds is 3. The van der Waals surface area contributed by atoms with E-state index in [1.54, 1.807) is 34.7 Å². The van der Waals surface area contributed by atoms with Crippen molar-refractivity contribution in [2.24, 2.45) is 0 Å². The topological polar surface area (TPSA) is 64.9 Å². The maximum absolute atomic E-state index is 13.3. The van der Waals surface area contributed by atoms with Crippen LogP contribution in [0.1, 0.15) is 10.4 Å². The van der Waals surface area contributed by atoms with E-state index >= 15 is 0 Å². The molecule has 0 saturated carbocycles. The van der Waals surface area contributed by atoms with Crippen LogP contribution < -0.4 is 14.8 Å². The predicted molar refractivity (Wildman–Crippen MR) is 101 cm³/mol. The Hall–Kier alpha value is -3.87. The molecule has 1 aliphatic rings. The molecular weight excluding hydrogens is 361 g/mol. The van der Waals surface area contributed by atoms with E-state index in [-0.39, 0.29) is 18.5 Å². The Kier molecular flexibility index (Phi) is 3.72. The van der Waals surface area contributed by atoms with Crippen molar-refractivity contribution in [1.29, 1.82) is 0 Å². The number of hydrogen-bond acceptors (Lipinski definition) is 4. The molecule has 2 aromatic carbocycles. The molecule has 28 heavy (non-hydrogen) atoms. The third-order valence-corrected chi connectivity index (χ3v) is 4.51. The van der Waals surface area contributed by atoms with E-state index in [1.165, 1.54) is 12.1 Å². The maximum atomic E-state index is 13.3. The van der Waals surface area contributed by atoms with Gasteiger partial charge >= 0.3 is 0 Å². The van der Waals surface area contributed by atoms with E-state index in [0.29, 0.717) is 39.8 Å². The van der Waals surface area contributed by atoms with Crippen molar-refractivity contribution >= 4 is 17.4 Å². The summed E-state index contributed by atoms with van der Waals surface area (Å²) >= 11 is 0. The van der Waals surface area contributed by atoms with Gasteiger partial charge in [0.25, 0.3) is 5.91 Å². The minimum absolute atomic E-state index is 0.141. The standard InChI is InChI=1S/C21H14FN3O3/c22-15-7-4-13(5-8-15)19-20(25-10-2-1-3-18(25)23-19)24-21(26)14-6-9-16-17(11-14)28-12-27-16/h1-11H,12H2,(H,24,26). The van der Waals surface area contributed by atoms with Crippen LogP contribution in [0.3, 0.4) is 0 Å². The van der Waals surface area contributed by atoms with Crippen LogP contribution in [0.5, 0.6) is 11.5 Å². The van der Waals surface area contributed by atoms with Gasteiger partial charge in [-0.05, 0) is 54.6 Å². The van der Waals surface area contributed by atoms with Crippen LogP contribution in [0.2, 0.25) is 0 Å². The molecule has 6 nitrogen and oxygen atoms in total. The van der Waals surface area contributed by atoms with E-state index < -0.39 is 0 Å². The Morgan fingerprint density at radius 3 is 2.71 bits per heavy atom. The normalized spacial score (nSPS) is 12.3. The summed E-state index contributed by atoms with van der Waals surface area (Å²) in [6.07, 6.45) is 1.81. The Morgan fingerprint density at radius 1 is 1.04 bits per heavy atom. The van der Waals surface area contributed by atoms with Gasteiger partial charge in [-0.2, -0.15) is 0 Å². The fourth-order valence-electron chi connectivity index (χ4n) is 3.14. The van der Waals surface area contributed by atoms with Crippen LogP contribution in [0.25, 0.3) is 16.9 Å². The number of ether oxygens (including phenoxy) is 2. The van der Waals surface area contributed by atoms with Crippen LogP contribution in [-0.4, -0.2) is 22.1 Å². The van der Waals surface area contributed by atoms with Gasteiger partial charge in [-0.15, -0.1) is 0 Å². The maximum Gasteiger partial charge on any atom is 0.256 e. The molecule has 4 aromatic rings. The number of nitrogens with zero attached hydrogens (tertiary/aromatic N) is 2. The predicted octanol–water partition coefficient (Wildman–Crippen LogP) is 4.12. The van der Waals surface area contributed by atoms with Gasteiger partial charge in [0.1, 0.15) is 23.0 Å². The van der Waals surface area contributed by atoms with E-state index in [9.17, 15) is 9.18 Å². The van der Waals surface area contributed by atoms with Crippen molar-refractivity contribution < 1.29 is 18.7 Å². The molecule has 138 valence electrons.